The Bertz CT molecular complexity index is 297. The molecule has 0 aliphatic rings. The predicted octanol–water partition coefficient (Wildman–Crippen LogP) is 2.62. The van der Waals surface area contributed by atoms with E-state index in [1.54, 1.807) is 0 Å². The zero-order valence-electron chi connectivity index (χ0n) is 8.97. The standard InChI is InChI=1S/C11H17ClN2/c1-9-4-5-10(12)8-11(9)13-6-7-14(2)3/h4-5,8,13H,6-7H2,1-3H3. The van der Waals surface area contributed by atoms with Gasteiger partial charge in [-0.25, -0.2) is 0 Å². The highest BCUT2D eigenvalue weighted by Crippen LogP contribution is 2.19. The first-order chi connectivity index (χ1) is 6.59. The molecule has 3 heteroatoms. The molecule has 1 aromatic rings. The molecule has 1 aromatic carbocycles. The monoisotopic (exact) mass is 212 g/mol. The van der Waals surface area contributed by atoms with Gasteiger partial charge in [0, 0.05) is 23.8 Å². The summed E-state index contributed by atoms with van der Waals surface area (Å²) in [4.78, 5) is 2.15. The van der Waals surface area contributed by atoms with Gasteiger partial charge in [0.2, 0.25) is 0 Å². The molecule has 0 aromatic heterocycles. The molecule has 0 radical (unpaired) electrons. The van der Waals surface area contributed by atoms with E-state index in [-0.39, 0.29) is 0 Å². The fourth-order valence-corrected chi connectivity index (χ4v) is 1.37. The maximum absolute atomic E-state index is 5.91. The molecule has 0 saturated carbocycles. The average molecular weight is 213 g/mol. The number of benzene rings is 1. The van der Waals surface area contributed by atoms with E-state index in [0.717, 1.165) is 23.8 Å². The molecule has 0 unspecified atom stereocenters. The Morgan fingerprint density at radius 3 is 2.71 bits per heavy atom. The fourth-order valence-electron chi connectivity index (χ4n) is 1.20. The molecule has 1 N–H and O–H groups in total. The largest absolute Gasteiger partial charge is 0.384 e. The Labute approximate surface area is 90.9 Å². The number of aryl methyl sites for hydroxylation is 1. The number of hydrogen-bond donors (Lipinski definition) is 1. The van der Waals surface area contributed by atoms with Gasteiger partial charge < -0.3 is 10.2 Å². The molecule has 0 aliphatic carbocycles. The van der Waals surface area contributed by atoms with Crippen LogP contribution in [0.3, 0.4) is 0 Å². The molecule has 0 heterocycles. The third-order valence-corrected chi connectivity index (χ3v) is 2.31. The number of hydrogen-bond acceptors (Lipinski definition) is 2. The van der Waals surface area contributed by atoms with E-state index in [0.29, 0.717) is 0 Å². The maximum Gasteiger partial charge on any atom is 0.0426 e. The van der Waals surface area contributed by atoms with Gasteiger partial charge in [0.05, 0.1) is 0 Å². The Morgan fingerprint density at radius 1 is 1.36 bits per heavy atom. The number of nitrogens with one attached hydrogen (secondary N) is 1. The van der Waals surface area contributed by atoms with Crippen LogP contribution in [0.25, 0.3) is 0 Å². The maximum atomic E-state index is 5.91. The molecule has 0 fully saturated rings. The minimum Gasteiger partial charge on any atom is -0.384 e. The average Bonchev–Trinajstić information content (AvgIpc) is 2.10. The van der Waals surface area contributed by atoms with E-state index in [4.69, 9.17) is 11.6 Å². The van der Waals surface area contributed by atoms with Crippen LogP contribution < -0.4 is 5.32 Å². The number of halogens is 1. The molecule has 0 bridgehead atoms. The van der Waals surface area contributed by atoms with Crippen LogP contribution in [0.4, 0.5) is 5.69 Å². The molecule has 0 amide bonds. The molecule has 0 saturated heterocycles. The van der Waals surface area contributed by atoms with Crippen molar-refractivity contribution in [3.8, 4) is 0 Å². The van der Waals surface area contributed by atoms with Crippen molar-refractivity contribution in [2.45, 2.75) is 6.92 Å². The first kappa shape index (κ1) is 11.3. The normalized spacial score (nSPS) is 10.6. The van der Waals surface area contributed by atoms with Crippen LogP contribution in [-0.4, -0.2) is 32.1 Å². The van der Waals surface area contributed by atoms with E-state index < -0.39 is 0 Å². The third-order valence-electron chi connectivity index (χ3n) is 2.07. The van der Waals surface area contributed by atoms with Crippen molar-refractivity contribution in [2.24, 2.45) is 0 Å². The van der Waals surface area contributed by atoms with Gasteiger partial charge in [-0.05, 0) is 38.7 Å². The summed E-state index contributed by atoms with van der Waals surface area (Å²) in [5.41, 5.74) is 2.35. The summed E-state index contributed by atoms with van der Waals surface area (Å²) in [6, 6.07) is 5.90. The summed E-state index contributed by atoms with van der Waals surface area (Å²) in [6.07, 6.45) is 0. The summed E-state index contributed by atoms with van der Waals surface area (Å²) in [7, 11) is 4.12. The molecule has 78 valence electrons. The second kappa shape index (κ2) is 5.23. The highest BCUT2D eigenvalue weighted by atomic mass is 35.5. The molecule has 1 rings (SSSR count). The van der Waals surface area contributed by atoms with E-state index in [2.05, 4.69) is 31.2 Å². The van der Waals surface area contributed by atoms with Crippen LogP contribution >= 0.6 is 11.6 Å². The quantitative estimate of drug-likeness (QED) is 0.826. The molecular formula is C11H17ClN2. The predicted molar refractivity (Wildman–Crippen MR) is 63.2 cm³/mol. The van der Waals surface area contributed by atoms with Crippen molar-refractivity contribution in [3.05, 3.63) is 28.8 Å². The minimum atomic E-state index is 0.781. The van der Waals surface area contributed by atoms with Crippen LogP contribution in [0.15, 0.2) is 18.2 Å². The SMILES string of the molecule is Cc1ccc(Cl)cc1NCCN(C)C. The van der Waals surface area contributed by atoms with E-state index >= 15 is 0 Å². The lowest BCUT2D eigenvalue weighted by molar-refractivity contribution is 0.425. The Morgan fingerprint density at radius 2 is 2.07 bits per heavy atom. The Kier molecular flexibility index (Phi) is 4.23. The van der Waals surface area contributed by atoms with Crippen molar-refractivity contribution in [3.63, 3.8) is 0 Å². The summed E-state index contributed by atoms with van der Waals surface area (Å²) < 4.78 is 0. The van der Waals surface area contributed by atoms with Gasteiger partial charge >= 0.3 is 0 Å². The fraction of sp³-hybridized carbons (Fsp3) is 0.455. The second-order valence-electron chi connectivity index (χ2n) is 3.69. The number of nitrogens with zero attached hydrogens (tertiary/aromatic N) is 1. The van der Waals surface area contributed by atoms with Gasteiger partial charge in [0.15, 0.2) is 0 Å². The number of anilines is 1. The second-order valence-corrected chi connectivity index (χ2v) is 4.13. The van der Waals surface area contributed by atoms with Crippen molar-refractivity contribution >= 4 is 17.3 Å². The van der Waals surface area contributed by atoms with Crippen LogP contribution in [0.5, 0.6) is 0 Å². The first-order valence-electron chi connectivity index (χ1n) is 4.74. The molecule has 0 spiro atoms. The highest BCUT2D eigenvalue weighted by molar-refractivity contribution is 6.30. The molecule has 0 atom stereocenters. The minimum absolute atomic E-state index is 0.781. The lowest BCUT2D eigenvalue weighted by atomic mass is 10.2. The summed E-state index contributed by atoms with van der Waals surface area (Å²) >= 11 is 5.91. The van der Waals surface area contributed by atoms with Crippen LogP contribution in [0, 0.1) is 6.92 Å². The topological polar surface area (TPSA) is 15.3 Å². The molecular weight excluding hydrogens is 196 g/mol. The van der Waals surface area contributed by atoms with Crippen molar-refractivity contribution < 1.29 is 0 Å². The van der Waals surface area contributed by atoms with Gasteiger partial charge in [-0.15, -0.1) is 0 Å². The Hall–Kier alpha value is -0.730. The highest BCUT2D eigenvalue weighted by Gasteiger charge is 1.98. The van der Waals surface area contributed by atoms with Crippen molar-refractivity contribution in [1.82, 2.24) is 4.90 Å². The van der Waals surface area contributed by atoms with E-state index in [1.165, 1.54) is 5.56 Å². The van der Waals surface area contributed by atoms with Gasteiger partial charge in [-0.3, -0.25) is 0 Å². The lowest BCUT2D eigenvalue weighted by Gasteiger charge is -2.13. The lowest BCUT2D eigenvalue weighted by Crippen LogP contribution is -2.21. The van der Waals surface area contributed by atoms with Crippen molar-refractivity contribution in [1.29, 1.82) is 0 Å². The third kappa shape index (κ3) is 3.56. The van der Waals surface area contributed by atoms with E-state index in [1.807, 2.05) is 18.2 Å². The van der Waals surface area contributed by atoms with Crippen LogP contribution in [0.2, 0.25) is 5.02 Å². The van der Waals surface area contributed by atoms with Gasteiger partial charge in [0.25, 0.3) is 0 Å². The summed E-state index contributed by atoms with van der Waals surface area (Å²) in [6.45, 7) is 4.04. The van der Waals surface area contributed by atoms with Gasteiger partial charge in [-0.1, -0.05) is 17.7 Å². The number of likely N-dealkylation sites (N-methyl/N-ethyl adjacent to an activating group) is 1. The van der Waals surface area contributed by atoms with E-state index in [9.17, 15) is 0 Å². The van der Waals surface area contributed by atoms with Gasteiger partial charge in [0.1, 0.15) is 0 Å². The smallest absolute Gasteiger partial charge is 0.0426 e. The zero-order chi connectivity index (χ0) is 10.6. The Balaban J connectivity index is 2.53. The first-order valence-corrected chi connectivity index (χ1v) is 5.12. The molecule has 14 heavy (non-hydrogen) atoms. The van der Waals surface area contributed by atoms with Crippen LogP contribution in [0.1, 0.15) is 5.56 Å². The summed E-state index contributed by atoms with van der Waals surface area (Å²) in [5.74, 6) is 0. The molecule has 2 nitrogen and oxygen atoms in total. The number of rotatable bonds is 4. The van der Waals surface area contributed by atoms with Crippen LogP contribution in [-0.2, 0) is 0 Å². The zero-order valence-corrected chi connectivity index (χ0v) is 9.73. The van der Waals surface area contributed by atoms with Crippen molar-refractivity contribution in [2.75, 3.05) is 32.5 Å². The molecule has 0 aliphatic heterocycles. The van der Waals surface area contributed by atoms with Gasteiger partial charge in [-0.2, -0.15) is 0 Å². The summed E-state index contributed by atoms with van der Waals surface area (Å²) in [5, 5.41) is 4.14.